The number of anilines is 1. The first-order valence-electron chi connectivity index (χ1n) is 5.05. The number of fused-ring (bicyclic) bond motifs is 1. The van der Waals surface area contributed by atoms with Gasteiger partial charge in [0.05, 0.1) is 16.0 Å². The van der Waals surface area contributed by atoms with Crippen molar-refractivity contribution >= 4 is 28.3 Å². The maximum Gasteiger partial charge on any atom is 0.326 e. The van der Waals surface area contributed by atoms with Gasteiger partial charge in [-0.2, -0.15) is 0 Å². The fourth-order valence-corrected chi connectivity index (χ4v) is 1.70. The maximum absolute atomic E-state index is 11.4. The van der Waals surface area contributed by atoms with E-state index in [0.717, 1.165) is 0 Å². The lowest BCUT2D eigenvalue weighted by Crippen LogP contribution is -2.11. The molecule has 0 spiro atoms. The molecular formula is C10H10N4O4. The van der Waals surface area contributed by atoms with Crippen molar-refractivity contribution in [3.8, 4) is 0 Å². The fourth-order valence-electron chi connectivity index (χ4n) is 1.70. The topological polar surface area (TPSA) is 110 Å². The predicted molar refractivity (Wildman–Crippen MR) is 64.5 cm³/mol. The summed E-state index contributed by atoms with van der Waals surface area (Å²) in [7, 11) is 1.50. The quantitative estimate of drug-likeness (QED) is 0.604. The number of imidazole rings is 1. The molecule has 0 saturated heterocycles. The molecule has 0 fully saturated rings. The van der Waals surface area contributed by atoms with Crippen LogP contribution in [0.3, 0.4) is 0 Å². The predicted octanol–water partition coefficient (Wildman–Crippen LogP) is 0.733. The highest BCUT2D eigenvalue weighted by atomic mass is 16.6. The average molecular weight is 250 g/mol. The standard InChI is InChI=1S/C10H10N4O4/c1-5(15)11-7-3-6-8(4-9(7)14(17)18)13(2)10(16)12-6/h3-4H,1-2H3,(H,11,15)(H,12,16). The minimum absolute atomic E-state index is 0.0573. The molecule has 0 aliphatic heterocycles. The Balaban J connectivity index is 2.76. The normalized spacial score (nSPS) is 10.6. The van der Waals surface area contributed by atoms with Crippen LogP contribution in [0.5, 0.6) is 0 Å². The molecule has 2 rings (SSSR count). The van der Waals surface area contributed by atoms with E-state index in [1.165, 1.54) is 30.7 Å². The lowest BCUT2D eigenvalue weighted by Gasteiger charge is -2.04. The van der Waals surface area contributed by atoms with Gasteiger partial charge in [0.25, 0.3) is 5.69 Å². The smallest absolute Gasteiger partial charge is 0.321 e. The van der Waals surface area contributed by atoms with E-state index in [4.69, 9.17) is 0 Å². The average Bonchev–Trinajstić information content (AvgIpc) is 2.52. The molecule has 0 atom stereocenters. The molecule has 2 aromatic rings. The molecule has 0 aliphatic rings. The van der Waals surface area contributed by atoms with Gasteiger partial charge >= 0.3 is 5.69 Å². The molecule has 0 saturated carbocycles. The molecule has 1 aromatic carbocycles. The van der Waals surface area contributed by atoms with Crippen molar-refractivity contribution in [2.45, 2.75) is 6.92 Å². The molecule has 0 radical (unpaired) electrons. The van der Waals surface area contributed by atoms with E-state index in [9.17, 15) is 19.7 Å². The highest BCUT2D eigenvalue weighted by Gasteiger charge is 2.18. The van der Waals surface area contributed by atoms with Crippen molar-refractivity contribution in [3.05, 3.63) is 32.7 Å². The molecule has 0 unspecified atom stereocenters. The summed E-state index contributed by atoms with van der Waals surface area (Å²) >= 11 is 0. The number of hydrogen-bond donors (Lipinski definition) is 2. The van der Waals surface area contributed by atoms with Crippen LogP contribution in [0.25, 0.3) is 11.0 Å². The second-order valence-electron chi connectivity index (χ2n) is 3.81. The number of nitrogens with one attached hydrogen (secondary N) is 2. The first kappa shape index (κ1) is 11.8. The van der Waals surface area contributed by atoms with Crippen LogP contribution in [0.1, 0.15) is 6.92 Å². The number of carbonyl (C=O) groups is 1. The van der Waals surface area contributed by atoms with Gasteiger partial charge in [-0.15, -0.1) is 0 Å². The van der Waals surface area contributed by atoms with Crippen LogP contribution >= 0.6 is 0 Å². The van der Waals surface area contributed by atoms with E-state index in [1.54, 1.807) is 0 Å². The Morgan fingerprint density at radius 1 is 1.50 bits per heavy atom. The van der Waals surface area contributed by atoms with E-state index < -0.39 is 10.8 Å². The van der Waals surface area contributed by atoms with E-state index >= 15 is 0 Å². The lowest BCUT2D eigenvalue weighted by atomic mass is 10.2. The summed E-state index contributed by atoms with van der Waals surface area (Å²) in [5, 5.41) is 13.3. The molecule has 1 aromatic heterocycles. The Labute approximate surface area is 100 Å². The Morgan fingerprint density at radius 3 is 2.72 bits per heavy atom. The van der Waals surface area contributed by atoms with Crippen LogP contribution in [-0.2, 0) is 11.8 Å². The number of nitro groups is 1. The number of hydrogen-bond acceptors (Lipinski definition) is 4. The number of rotatable bonds is 2. The Bertz CT molecular complexity index is 712. The Kier molecular flexibility index (Phi) is 2.62. The number of amides is 1. The molecule has 8 nitrogen and oxygen atoms in total. The highest BCUT2D eigenvalue weighted by Crippen LogP contribution is 2.28. The van der Waals surface area contributed by atoms with Gasteiger partial charge in [0.2, 0.25) is 5.91 Å². The van der Waals surface area contributed by atoms with Crippen molar-refractivity contribution in [3.63, 3.8) is 0 Å². The highest BCUT2D eigenvalue weighted by molar-refractivity contribution is 5.95. The number of aryl methyl sites for hydroxylation is 1. The summed E-state index contributed by atoms with van der Waals surface area (Å²) in [5.41, 5.74) is 0.256. The summed E-state index contributed by atoms with van der Waals surface area (Å²) < 4.78 is 1.26. The third-order valence-corrected chi connectivity index (χ3v) is 2.53. The number of nitro benzene ring substituents is 1. The fraction of sp³-hybridized carbons (Fsp3) is 0.200. The number of aromatic nitrogens is 2. The minimum atomic E-state index is -0.609. The van der Waals surface area contributed by atoms with E-state index in [2.05, 4.69) is 10.3 Å². The van der Waals surface area contributed by atoms with Crippen LogP contribution in [-0.4, -0.2) is 20.4 Å². The molecule has 1 heterocycles. The maximum atomic E-state index is 11.4. The summed E-state index contributed by atoms with van der Waals surface area (Å²) in [6.45, 7) is 1.25. The van der Waals surface area contributed by atoms with Gasteiger partial charge in [-0.1, -0.05) is 0 Å². The molecular weight excluding hydrogens is 240 g/mol. The van der Waals surface area contributed by atoms with Gasteiger partial charge in [0.1, 0.15) is 5.69 Å². The Hall–Kier alpha value is -2.64. The zero-order valence-electron chi connectivity index (χ0n) is 9.68. The van der Waals surface area contributed by atoms with Gasteiger partial charge in [0.15, 0.2) is 0 Å². The molecule has 18 heavy (non-hydrogen) atoms. The third kappa shape index (κ3) is 1.83. The van der Waals surface area contributed by atoms with Crippen molar-refractivity contribution in [1.82, 2.24) is 9.55 Å². The zero-order valence-corrected chi connectivity index (χ0v) is 9.68. The van der Waals surface area contributed by atoms with Crippen molar-refractivity contribution in [1.29, 1.82) is 0 Å². The SMILES string of the molecule is CC(=O)Nc1cc2[nH]c(=O)n(C)c2cc1[N+](=O)[O-]. The van der Waals surface area contributed by atoms with Crippen molar-refractivity contribution in [2.24, 2.45) is 7.05 Å². The van der Waals surface area contributed by atoms with E-state index in [1.807, 2.05) is 0 Å². The second-order valence-corrected chi connectivity index (χ2v) is 3.81. The van der Waals surface area contributed by atoms with Crippen molar-refractivity contribution in [2.75, 3.05) is 5.32 Å². The van der Waals surface area contributed by atoms with Gasteiger partial charge in [-0.3, -0.25) is 19.5 Å². The second kappa shape index (κ2) is 3.99. The van der Waals surface area contributed by atoms with Gasteiger partial charge in [0, 0.05) is 20.0 Å². The molecule has 0 aliphatic carbocycles. The van der Waals surface area contributed by atoms with Crippen LogP contribution in [0, 0.1) is 10.1 Å². The zero-order chi connectivity index (χ0) is 13.4. The molecule has 94 valence electrons. The number of nitrogens with zero attached hydrogens (tertiary/aromatic N) is 2. The molecule has 2 N–H and O–H groups in total. The minimum Gasteiger partial charge on any atom is -0.321 e. The summed E-state index contributed by atoms with van der Waals surface area (Å²) in [4.78, 5) is 35.2. The Morgan fingerprint density at radius 2 is 2.17 bits per heavy atom. The largest absolute Gasteiger partial charge is 0.326 e. The van der Waals surface area contributed by atoms with Crippen LogP contribution in [0.4, 0.5) is 11.4 Å². The number of benzene rings is 1. The molecule has 1 amide bonds. The first-order chi connectivity index (χ1) is 8.40. The van der Waals surface area contributed by atoms with Crippen LogP contribution in [0.2, 0.25) is 0 Å². The van der Waals surface area contributed by atoms with E-state index in [-0.39, 0.29) is 17.1 Å². The monoisotopic (exact) mass is 250 g/mol. The third-order valence-electron chi connectivity index (χ3n) is 2.53. The molecule has 8 heteroatoms. The summed E-state index contributed by atoms with van der Waals surface area (Å²) in [6.07, 6.45) is 0. The van der Waals surface area contributed by atoms with Crippen LogP contribution < -0.4 is 11.0 Å². The van der Waals surface area contributed by atoms with Crippen molar-refractivity contribution < 1.29 is 9.72 Å². The first-order valence-corrected chi connectivity index (χ1v) is 5.05. The summed E-state index contributed by atoms with van der Waals surface area (Å²) in [6, 6.07) is 2.62. The number of H-pyrrole nitrogens is 1. The lowest BCUT2D eigenvalue weighted by molar-refractivity contribution is -0.383. The van der Waals surface area contributed by atoms with Gasteiger partial charge < -0.3 is 10.3 Å². The number of carbonyl (C=O) groups excluding carboxylic acids is 1. The van der Waals surface area contributed by atoms with Gasteiger partial charge in [-0.05, 0) is 6.07 Å². The van der Waals surface area contributed by atoms with Gasteiger partial charge in [-0.25, -0.2) is 4.79 Å². The summed E-state index contributed by atoms with van der Waals surface area (Å²) in [5.74, 6) is -0.421. The van der Waals surface area contributed by atoms with Crippen LogP contribution in [0.15, 0.2) is 16.9 Å². The number of aromatic amines is 1. The van der Waals surface area contributed by atoms with E-state index in [0.29, 0.717) is 11.0 Å². The molecule has 0 bridgehead atoms.